The van der Waals surface area contributed by atoms with E-state index in [9.17, 15) is 29.3 Å². The van der Waals surface area contributed by atoms with Gasteiger partial charge in [0.1, 0.15) is 11.7 Å². The van der Waals surface area contributed by atoms with Crippen molar-refractivity contribution in [3.63, 3.8) is 0 Å². The maximum atomic E-state index is 13.2. The first-order valence-corrected chi connectivity index (χ1v) is 14.3. The minimum atomic E-state index is -0.969. The zero-order valence-corrected chi connectivity index (χ0v) is 23.2. The highest BCUT2D eigenvalue weighted by atomic mass is 16.6. The fourth-order valence-corrected chi connectivity index (χ4v) is 6.49. The molecule has 0 radical (unpaired) electrons. The average Bonchev–Trinajstić information content (AvgIpc) is 3.22. The highest BCUT2D eigenvalue weighted by Gasteiger charge is 2.44. The molecule has 0 aromatic heterocycles. The minimum absolute atomic E-state index is 0.0714. The number of imide groups is 2. The number of amides is 4. The first-order valence-electron chi connectivity index (χ1n) is 14.3. The number of carbonyl (C=O) groups excluding carboxylic acids is 4. The maximum absolute atomic E-state index is 13.2. The Morgan fingerprint density at radius 2 is 1.48 bits per heavy atom. The highest BCUT2D eigenvalue weighted by molar-refractivity contribution is 6.23. The fraction of sp³-hybridized carbons (Fsp3) is 0.448. The Labute approximate surface area is 242 Å². The molecule has 2 aromatic carbocycles. The van der Waals surface area contributed by atoms with Crippen LogP contribution in [0.1, 0.15) is 46.4 Å². The first-order chi connectivity index (χ1) is 20.2. The van der Waals surface area contributed by atoms with Gasteiger partial charge in [0, 0.05) is 69.7 Å². The predicted octanol–water partition coefficient (Wildman–Crippen LogP) is 1.62. The molecule has 3 fully saturated rings. The van der Waals surface area contributed by atoms with Gasteiger partial charge in [-0.3, -0.25) is 44.4 Å². The van der Waals surface area contributed by atoms with E-state index in [-0.39, 0.29) is 24.2 Å². The molecule has 1 unspecified atom stereocenters. The van der Waals surface area contributed by atoms with Crippen molar-refractivity contribution < 1.29 is 24.1 Å². The van der Waals surface area contributed by atoms with Crippen molar-refractivity contribution in [1.82, 2.24) is 15.1 Å². The molecule has 4 amide bonds. The van der Waals surface area contributed by atoms with Crippen LogP contribution in [0.5, 0.6) is 0 Å². The van der Waals surface area contributed by atoms with Crippen molar-refractivity contribution in [3.8, 4) is 0 Å². The average molecular weight is 576 g/mol. The number of nitro benzene ring substituents is 1. The molecular weight excluding hydrogens is 542 g/mol. The number of hydrogen-bond acceptors (Lipinski definition) is 10. The predicted molar refractivity (Wildman–Crippen MR) is 154 cm³/mol. The van der Waals surface area contributed by atoms with Crippen LogP contribution in [0.4, 0.5) is 22.7 Å². The Balaban J connectivity index is 1.01. The number of fused-ring (bicyclic) bond motifs is 1. The molecule has 0 bridgehead atoms. The van der Waals surface area contributed by atoms with E-state index in [0.29, 0.717) is 17.0 Å². The van der Waals surface area contributed by atoms with Gasteiger partial charge in [-0.25, -0.2) is 0 Å². The summed E-state index contributed by atoms with van der Waals surface area (Å²) in [6.45, 7) is 6.14. The van der Waals surface area contributed by atoms with Crippen molar-refractivity contribution >= 4 is 46.4 Å². The van der Waals surface area contributed by atoms with Gasteiger partial charge in [0.25, 0.3) is 17.5 Å². The van der Waals surface area contributed by atoms with Gasteiger partial charge in [-0.05, 0) is 55.5 Å². The summed E-state index contributed by atoms with van der Waals surface area (Å²) in [5.74, 6) is -1.44. The van der Waals surface area contributed by atoms with E-state index in [1.54, 1.807) is 24.3 Å². The van der Waals surface area contributed by atoms with Gasteiger partial charge < -0.3 is 15.5 Å². The third kappa shape index (κ3) is 5.15. The largest absolute Gasteiger partial charge is 0.393 e. The summed E-state index contributed by atoms with van der Waals surface area (Å²) in [6, 6.07) is 9.22. The number of rotatable bonds is 6. The second-order valence-corrected chi connectivity index (χ2v) is 11.4. The molecule has 0 saturated carbocycles. The summed E-state index contributed by atoms with van der Waals surface area (Å²) >= 11 is 0. The lowest BCUT2D eigenvalue weighted by Crippen LogP contribution is -2.54. The van der Waals surface area contributed by atoms with Crippen molar-refractivity contribution in [2.75, 3.05) is 61.3 Å². The monoisotopic (exact) mass is 575 g/mol. The van der Waals surface area contributed by atoms with Crippen molar-refractivity contribution in [2.24, 2.45) is 5.92 Å². The second-order valence-electron chi connectivity index (χ2n) is 11.4. The van der Waals surface area contributed by atoms with Crippen molar-refractivity contribution in [1.29, 1.82) is 0 Å². The number of anilines is 3. The van der Waals surface area contributed by atoms with Gasteiger partial charge in [0.15, 0.2) is 0 Å². The Kier molecular flexibility index (Phi) is 7.27. The summed E-state index contributed by atoms with van der Waals surface area (Å²) in [4.78, 5) is 68.5. The van der Waals surface area contributed by atoms with Gasteiger partial charge in [0.2, 0.25) is 11.8 Å². The fourth-order valence-electron chi connectivity index (χ4n) is 6.49. The van der Waals surface area contributed by atoms with Crippen LogP contribution in [-0.4, -0.2) is 90.2 Å². The lowest BCUT2D eigenvalue weighted by molar-refractivity contribution is -0.383. The van der Waals surface area contributed by atoms with Crippen LogP contribution in [0.2, 0.25) is 0 Å². The van der Waals surface area contributed by atoms with Crippen LogP contribution in [0.3, 0.4) is 0 Å². The zero-order valence-electron chi connectivity index (χ0n) is 23.2. The molecule has 13 nitrogen and oxygen atoms in total. The number of piperazine rings is 1. The molecule has 2 aromatic rings. The Hall–Kier alpha value is -4.52. The van der Waals surface area contributed by atoms with E-state index in [0.717, 1.165) is 74.9 Å². The number of nitrogens with one attached hydrogen (secondary N) is 1. The van der Waals surface area contributed by atoms with E-state index in [2.05, 4.69) is 20.0 Å². The van der Waals surface area contributed by atoms with Gasteiger partial charge >= 0.3 is 0 Å². The molecule has 13 heteroatoms. The smallest absolute Gasteiger partial charge is 0.292 e. The molecule has 4 aliphatic heterocycles. The zero-order chi connectivity index (χ0) is 29.5. The van der Waals surface area contributed by atoms with Gasteiger partial charge in [-0.1, -0.05) is 0 Å². The number of nitro groups is 1. The SMILES string of the molecule is Nc1cc(N2CCN(CC3CCN(c4ccc5c(c4)C(=O)N(C4CCC(=O)NC4=O)C5=O)CC3)CC2)ccc1[N+](=O)[O-]. The van der Waals surface area contributed by atoms with Gasteiger partial charge in [0.05, 0.1) is 16.1 Å². The summed E-state index contributed by atoms with van der Waals surface area (Å²) in [7, 11) is 0. The standard InChI is InChI=1S/C29H33N7O6/c30-23-16-20(2-4-24(23)36(41)42)34-13-11-32(12-14-34)17-18-7-9-33(10-8-18)19-1-3-21-22(15-19)29(40)35(28(21)39)25-5-6-26(37)31-27(25)38/h1-4,15-16,18,25H,5-14,17,30H2,(H,31,37,38). The molecule has 0 aliphatic carbocycles. The van der Waals surface area contributed by atoms with Crippen molar-refractivity contribution in [2.45, 2.75) is 31.7 Å². The molecular formula is C29H33N7O6. The molecule has 4 aliphatic rings. The number of piperidine rings is 2. The number of nitrogens with two attached hydrogens (primary N) is 1. The Morgan fingerprint density at radius 3 is 2.14 bits per heavy atom. The number of nitrogen functional groups attached to an aromatic ring is 1. The number of benzene rings is 2. The first kappa shape index (κ1) is 27.6. The third-order valence-corrected chi connectivity index (χ3v) is 8.86. The molecule has 3 N–H and O–H groups in total. The van der Waals surface area contributed by atoms with E-state index < -0.39 is 34.6 Å². The maximum Gasteiger partial charge on any atom is 0.292 e. The highest BCUT2D eigenvalue weighted by Crippen LogP contribution is 2.33. The molecule has 6 rings (SSSR count). The molecule has 0 spiro atoms. The summed E-state index contributed by atoms with van der Waals surface area (Å²) in [5.41, 5.74) is 8.37. The normalized spacial score (nSPS) is 22.0. The molecule has 3 saturated heterocycles. The lowest BCUT2D eigenvalue weighted by Gasteiger charge is -2.40. The minimum Gasteiger partial charge on any atom is -0.393 e. The Bertz CT molecular complexity index is 1460. The topological polar surface area (TPSA) is 162 Å². The molecule has 1 atom stereocenters. The second kappa shape index (κ2) is 11.0. The van der Waals surface area contributed by atoms with Crippen LogP contribution in [0.25, 0.3) is 0 Å². The van der Waals surface area contributed by atoms with Crippen LogP contribution in [-0.2, 0) is 9.59 Å². The summed E-state index contributed by atoms with van der Waals surface area (Å²) in [6.07, 6.45) is 2.24. The van der Waals surface area contributed by atoms with Crippen LogP contribution < -0.4 is 20.9 Å². The van der Waals surface area contributed by atoms with Crippen LogP contribution in [0.15, 0.2) is 36.4 Å². The van der Waals surface area contributed by atoms with Gasteiger partial charge in [-0.15, -0.1) is 0 Å². The van der Waals surface area contributed by atoms with Crippen molar-refractivity contribution in [3.05, 3.63) is 57.6 Å². The van der Waals surface area contributed by atoms with Gasteiger partial charge in [-0.2, -0.15) is 0 Å². The van der Waals surface area contributed by atoms with E-state index in [1.165, 1.54) is 6.07 Å². The van der Waals surface area contributed by atoms with Crippen LogP contribution >= 0.6 is 0 Å². The summed E-state index contributed by atoms with van der Waals surface area (Å²) in [5, 5.41) is 13.3. The quantitative estimate of drug-likeness (QED) is 0.224. The molecule has 42 heavy (non-hydrogen) atoms. The third-order valence-electron chi connectivity index (χ3n) is 8.86. The Morgan fingerprint density at radius 1 is 0.833 bits per heavy atom. The van der Waals surface area contributed by atoms with E-state index in [4.69, 9.17) is 5.73 Å². The number of nitrogens with zero attached hydrogens (tertiary/aromatic N) is 5. The molecule has 4 heterocycles. The number of hydrogen-bond donors (Lipinski definition) is 2. The summed E-state index contributed by atoms with van der Waals surface area (Å²) < 4.78 is 0. The van der Waals surface area contributed by atoms with E-state index >= 15 is 0 Å². The molecule has 220 valence electrons. The van der Waals surface area contributed by atoms with Crippen LogP contribution in [0, 0.1) is 16.0 Å². The van der Waals surface area contributed by atoms with E-state index in [1.807, 2.05) is 6.07 Å². The lowest BCUT2D eigenvalue weighted by atomic mass is 9.95. The number of carbonyl (C=O) groups is 4.